The van der Waals surface area contributed by atoms with Crippen LogP contribution in [0.3, 0.4) is 0 Å². The zero-order valence-electron chi connectivity index (χ0n) is 26.2. The van der Waals surface area contributed by atoms with Crippen molar-refractivity contribution in [3.05, 3.63) is 174 Å². The van der Waals surface area contributed by atoms with Gasteiger partial charge in [-0.05, 0) is 45.5 Å². The molecular formula is C43H31N3O. The Hall–Kier alpha value is -6.00. The van der Waals surface area contributed by atoms with E-state index in [-0.39, 0.29) is 11.2 Å². The van der Waals surface area contributed by atoms with Crippen molar-refractivity contribution >= 4 is 5.78 Å². The van der Waals surface area contributed by atoms with Crippen molar-refractivity contribution in [2.75, 3.05) is 0 Å². The van der Waals surface area contributed by atoms with Crippen LogP contribution in [0.25, 0.3) is 56.4 Å². The summed E-state index contributed by atoms with van der Waals surface area (Å²) in [7, 11) is 0. The van der Waals surface area contributed by atoms with E-state index < -0.39 is 0 Å². The van der Waals surface area contributed by atoms with Gasteiger partial charge in [0.2, 0.25) is 0 Å². The SMILES string of the molecule is CC1(C)c2ccccc2C(=O)c2cc(-c3ccccc3-c3cccc(-c4nc(-c5ccccc5)nc(-c5ccccc5)n4)c3)ccc21. The second-order valence-corrected chi connectivity index (χ2v) is 12.4. The van der Waals surface area contributed by atoms with Gasteiger partial charge in [-0.1, -0.05) is 153 Å². The average Bonchev–Trinajstić information content (AvgIpc) is 3.14. The molecule has 1 heterocycles. The number of benzene rings is 6. The Morgan fingerprint density at radius 1 is 0.383 bits per heavy atom. The van der Waals surface area contributed by atoms with Crippen LogP contribution >= 0.6 is 0 Å². The van der Waals surface area contributed by atoms with Gasteiger partial charge in [-0.25, -0.2) is 15.0 Å². The highest BCUT2D eigenvalue weighted by molar-refractivity contribution is 6.13. The van der Waals surface area contributed by atoms with Crippen molar-refractivity contribution in [3.63, 3.8) is 0 Å². The summed E-state index contributed by atoms with van der Waals surface area (Å²) in [6.07, 6.45) is 0. The number of hydrogen-bond acceptors (Lipinski definition) is 4. The molecule has 1 aliphatic rings. The summed E-state index contributed by atoms with van der Waals surface area (Å²) in [4.78, 5) is 28.5. The minimum absolute atomic E-state index is 0.0783. The molecule has 1 aliphatic carbocycles. The summed E-state index contributed by atoms with van der Waals surface area (Å²) in [5, 5.41) is 0. The maximum absolute atomic E-state index is 13.8. The van der Waals surface area contributed by atoms with Gasteiger partial charge in [0.1, 0.15) is 0 Å². The van der Waals surface area contributed by atoms with E-state index in [1.54, 1.807) is 0 Å². The fourth-order valence-electron chi connectivity index (χ4n) is 6.71. The molecular weight excluding hydrogens is 574 g/mol. The third-order valence-corrected chi connectivity index (χ3v) is 9.15. The Balaban J connectivity index is 1.23. The summed E-state index contributed by atoms with van der Waals surface area (Å²) >= 11 is 0. The molecule has 0 N–H and O–H groups in total. The van der Waals surface area contributed by atoms with Crippen molar-refractivity contribution in [2.45, 2.75) is 19.3 Å². The maximum atomic E-state index is 13.8. The van der Waals surface area contributed by atoms with Crippen molar-refractivity contribution < 1.29 is 4.79 Å². The number of nitrogens with zero attached hydrogens (tertiary/aromatic N) is 3. The summed E-state index contributed by atoms with van der Waals surface area (Å²) in [5.74, 6) is 1.94. The fourth-order valence-corrected chi connectivity index (χ4v) is 6.71. The van der Waals surface area contributed by atoms with E-state index in [2.05, 4.69) is 68.4 Å². The van der Waals surface area contributed by atoms with E-state index in [1.165, 1.54) is 0 Å². The molecule has 1 aromatic heterocycles. The molecule has 0 amide bonds. The second kappa shape index (κ2) is 11.4. The van der Waals surface area contributed by atoms with E-state index >= 15 is 0 Å². The zero-order chi connectivity index (χ0) is 32.0. The quantitative estimate of drug-likeness (QED) is 0.196. The number of aromatic nitrogens is 3. The third-order valence-electron chi connectivity index (χ3n) is 9.15. The standard InChI is InChI=1S/C43H31N3O/c1-43(2)37-23-12-11-22-35(37)39(47)36-27-31(24-25-38(36)43)34-21-10-9-20-33(34)30-18-13-19-32(26-30)42-45-40(28-14-5-3-6-15-28)44-41(46-42)29-16-7-4-8-17-29/h3-27H,1-2H3. The van der Waals surface area contributed by atoms with Gasteiger partial charge in [0.15, 0.2) is 23.3 Å². The molecule has 4 heteroatoms. The molecule has 0 spiro atoms. The largest absolute Gasteiger partial charge is 0.289 e. The van der Waals surface area contributed by atoms with Gasteiger partial charge in [0.05, 0.1) is 0 Å². The summed E-state index contributed by atoms with van der Waals surface area (Å²) in [6, 6.07) is 51.1. The van der Waals surface area contributed by atoms with Crippen LogP contribution in [0.1, 0.15) is 40.9 Å². The van der Waals surface area contributed by atoms with Gasteiger partial charge < -0.3 is 0 Å². The van der Waals surface area contributed by atoms with E-state index in [4.69, 9.17) is 15.0 Å². The van der Waals surface area contributed by atoms with Crippen LogP contribution in [-0.2, 0) is 5.41 Å². The normalized spacial score (nSPS) is 13.1. The van der Waals surface area contributed by atoms with Gasteiger partial charge in [-0.15, -0.1) is 0 Å². The second-order valence-electron chi connectivity index (χ2n) is 12.4. The average molecular weight is 606 g/mol. The lowest BCUT2D eigenvalue weighted by Crippen LogP contribution is -2.30. The van der Waals surface area contributed by atoms with Crippen molar-refractivity contribution in [1.29, 1.82) is 0 Å². The molecule has 7 aromatic rings. The van der Waals surface area contributed by atoms with Gasteiger partial charge in [0, 0.05) is 33.2 Å². The molecule has 0 unspecified atom stereocenters. The highest BCUT2D eigenvalue weighted by Crippen LogP contribution is 2.43. The number of fused-ring (bicyclic) bond motifs is 2. The Morgan fingerprint density at radius 2 is 0.830 bits per heavy atom. The van der Waals surface area contributed by atoms with Crippen LogP contribution in [-0.4, -0.2) is 20.7 Å². The minimum atomic E-state index is -0.270. The molecule has 4 nitrogen and oxygen atoms in total. The van der Waals surface area contributed by atoms with Crippen LogP contribution in [0.5, 0.6) is 0 Å². The number of rotatable bonds is 5. The van der Waals surface area contributed by atoms with Crippen molar-refractivity contribution in [2.24, 2.45) is 0 Å². The molecule has 0 aliphatic heterocycles. The highest BCUT2D eigenvalue weighted by atomic mass is 16.1. The van der Waals surface area contributed by atoms with Crippen LogP contribution in [0.2, 0.25) is 0 Å². The highest BCUT2D eigenvalue weighted by Gasteiger charge is 2.36. The molecule has 0 atom stereocenters. The monoisotopic (exact) mass is 605 g/mol. The molecule has 0 fully saturated rings. The first kappa shape index (κ1) is 28.5. The fraction of sp³-hybridized carbons (Fsp3) is 0.0698. The molecule has 6 aromatic carbocycles. The van der Waals surface area contributed by atoms with Crippen molar-refractivity contribution in [1.82, 2.24) is 15.0 Å². The number of carbonyl (C=O) groups is 1. The van der Waals surface area contributed by atoms with Gasteiger partial charge >= 0.3 is 0 Å². The van der Waals surface area contributed by atoms with Crippen LogP contribution in [0, 0.1) is 0 Å². The van der Waals surface area contributed by atoms with E-state index in [0.717, 1.165) is 61.2 Å². The summed E-state index contributed by atoms with van der Waals surface area (Å²) < 4.78 is 0. The van der Waals surface area contributed by atoms with E-state index in [9.17, 15) is 4.79 Å². The molecule has 224 valence electrons. The number of carbonyl (C=O) groups excluding carboxylic acids is 1. The van der Waals surface area contributed by atoms with Crippen LogP contribution in [0.4, 0.5) is 0 Å². The Kier molecular flexibility index (Phi) is 6.92. The lowest BCUT2D eigenvalue weighted by atomic mass is 9.68. The van der Waals surface area contributed by atoms with Crippen LogP contribution < -0.4 is 0 Å². The van der Waals surface area contributed by atoms with Gasteiger partial charge in [0.25, 0.3) is 0 Å². The Bertz CT molecular complexity index is 2230. The molecule has 0 bridgehead atoms. The lowest BCUT2D eigenvalue weighted by Gasteiger charge is -2.34. The third kappa shape index (κ3) is 5.04. The number of hydrogen-bond donors (Lipinski definition) is 0. The number of ketones is 1. The molecule has 8 rings (SSSR count). The summed E-state index contributed by atoms with van der Waals surface area (Å²) in [5.41, 5.74) is 10.3. The first-order valence-corrected chi connectivity index (χ1v) is 15.8. The lowest BCUT2D eigenvalue weighted by molar-refractivity contribution is 0.103. The van der Waals surface area contributed by atoms with Gasteiger partial charge in [-0.3, -0.25) is 4.79 Å². The minimum Gasteiger partial charge on any atom is -0.289 e. The van der Waals surface area contributed by atoms with E-state index in [0.29, 0.717) is 17.5 Å². The molecule has 0 saturated carbocycles. The summed E-state index contributed by atoms with van der Waals surface area (Å²) in [6.45, 7) is 4.40. The Morgan fingerprint density at radius 3 is 1.45 bits per heavy atom. The first-order chi connectivity index (χ1) is 23.0. The smallest absolute Gasteiger partial charge is 0.193 e. The first-order valence-electron chi connectivity index (χ1n) is 15.8. The predicted octanol–water partition coefficient (Wildman–Crippen LogP) is 10.1. The van der Waals surface area contributed by atoms with Crippen molar-refractivity contribution in [3.8, 4) is 56.4 Å². The van der Waals surface area contributed by atoms with Crippen LogP contribution in [0.15, 0.2) is 152 Å². The molecule has 47 heavy (non-hydrogen) atoms. The maximum Gasteiger partial charge on any atom is 0.193 e. The molecule has 0 radical (unpaired) electrons. The zero-order valence-corrected chi connectivity index (χ0v) is 26.2. The molecule has 0 saturated heterocycles. The topological polar surface area (TPSA) is 55.7 Å². The Labute approximate surface area is 274 Å². The van der Waals surface area contributed by atoms with Gasteiger partial charge in [-0.2, -0.15) is 0 Å². The van der Waals surface area contributed by atoms with E-state index in [1.807, 2.05) is 97.1 Å². The predicted molar refractivity (Wildman–Crippen MR) is 189 cm³/mol.